The highest BCUT2D eigenvalue weighted by Crippen LogP contribution is 2.29. The van der Waals surface area contributed by atoms with E-state index in [4.69, 9.17) is 4.74 Å². The SMILES string of the molecule is CC(=O)c1ccccc1Oc1ccc(C(C)C)c(C)c1. The van der Waals surface area contributed by atoms with Crippen molar-refractivity contribution in [2.24, 2.45) is 0 Å². The van der Waals surface area contributed by atoms with Gasteiger partial charge in [0.15, 0.2) is 5.78 Å². The Morgan fingerprint density at radius 3 is 2.40 bits per heavy atom. The zero-order valence-electron chi connectivity index (χ0n) is 12.4. The van der Waals surface area contributed by atoms with E-state index in [9.17, 15) is 4.79 Å². The first kappa shape index (κ1) is 14.3. The zero-order valence-corrected chi connectivity index (χ0v) is 12.4. The summed E-state index contributed by atoms with van der Waals surface area (Å²) in [5.74, 6) is 1.88. The Hall–Kier alpha value is -2.09. The maximum Gasteiger partial charge on any atom is 0.163 e. The summed E-state index contributed by atoms with van der Waals surface area (Å²) in [5.41, 5.74) is 3.13. The second-order valence-corrected chi connectivity index (χ2v) is 5.33. The lowest BCUT2D eigenvalue weighted by Crippen LogP contribution is -1.97. The number of carbonyl (C=O) groups is 1. The highest BCUT2D eigenvalue weighted by Gasteiger charge is 2.10. The Balaban J connectivity index is 2.31. The molecule has 2 aromatic rings. The van der Waals surface area contributed by atoms with Crippen LogP contribution < -0.4 is 4.74 Å². The molecule has 0 N–H and O–H groups in total. The van der Waals surface area contributed by atoms with Gasteiger partial charge in [0.1, 0.15) is 11.5 Å². The van der Waals surface area contributed by atoms with Gasteiger partial charge in [-0.05, 0) is 55.2 Å². The average molecular weight is 268 g/mol. The number of ketones is 1. The molecule has 2 rings (SSSR count). The van der Waals surface area contributed by atoms with E-state index in [-0.39, 0.29) is 5.78 Å². The standard InChI is InChI=1S/C18H20O2/c1-12(2)16-10-9-15(11-13(16)3)20-18-8-6-5-7-17(18)14(4)19/h5-12H,1-4H3. The molecule has 0 aliphatic rings. The number of rotatable bonds is 4. The van der Waals surface area contributed by atoms with Crippen molar-refractivity contribution in [1.29, 1.82) is 0 Å². The zero-order chi connectivity index (χ0) is 14.7. The molecule has 0 aliphatic heterocycles. The quantitative estimate of drug-likeness (QED) is 0.720. The molecule has 0 amide bonds. The largest absolute Gasteiger partial charge is 0.457 e. The van der Waals surface area contributed by atoms with Gasteiger partial charge < -0.3 is 4.74 Å². The topological polar surface area (TPSA) is 26.3 Å². The van der Waals surface area contributed by atoms with E-state index in [1.807, 2.05) is 30.3 Å². The molecule has 0 unspecified atom stereocenters. The fraction of sp³-hybridized carbons (Fsp3) is 0.278. The van der Waals surface area contributed by atoms with Gasteiger partial charge in [0.2, 0.25) is 0 Å². The van der Waals surface area contributed by atoms with Crippen LogP contribution in [0.2, 0.25) is 0 Å². The minimum absolute atomic E-state index is 0.0103. The van der Waals surface area contributed by atoms with Gasteiger partial charge in [0.25, 0.3) is 0 Å². The number of Topliss-reactive ketones (excluding diaryl/α,β-unsaturated/α-hetero) is 1. The number of hydrogen-bond acceptors (Lipinski definition) is 2. The lowest BCUT2D eigenvalue weighted by atomic mass is 9.98. The first-order chi connectivity index (χ1) is 9.49. The molecule has 2 nitrogen and oxygen atoms in total. The molecule has 0 radical (unpaired) electrons. The molecule has 0 atom stereocenters. The van der Waals surface area contributed by atoms with Gasteiger partial charge in [0, 0.05) is 0 Å². The number of aryl methyl sites for hydroxylation is 1. The van der Waals surface area contributed by atoms with E-state index in [1.165, 1.54) is 11.1 Å². The van der Waals surface area contributed by atoms with E-state index < -0.39 is 0 Å². The van der Waals surface area contributed by atoms with Crippen LogP contribution in [0, 0.1) is 6.92 Å². The van der Waals surface area contributed by atoms with Crippen molar-refractivity contribution in [2.75, 3.05) is 0 Å². The monoisotopic (exact) mass is 268 g/mol. The number of ether oxygens (including phenoxy) is 1. The summed E-state index contributed by atoms with van der Waals surface area (Å²) in [7, 11) is 0. The summed E-state index contributed by atoms with van der Waals surface area (Å²) in [6, 6.07) is 13.4. The molecule has 0 fully saturated rings. The molecule has 0 aliphatic carbocycles. The van der Waals surface area contributed by atoms with Gasteiger partial charge in [-0.3, -0.25) is 4.79 Å². The van der Waals surface area contributed by atoms with Crippen LogP contribution in [-0.4, -0.2) is 5.78 Å². The number of benzene rings is 2. The van der Waals surface area contributed by atoms with Gasteiger partial charge in [-0.2, -0.15) is 0 Å². The second-order valence-electron chi connectivity index (χ2n) is 5.33. The molecule has 0 saturated heterocycles. The molecule has 2 aromatic carbocycles. The van der Waals surface area contributed by atoms with Crippen molar-refractivity contribution in [3.8, 4) is 11.5 Å². The van der Waals surface area contributed by atoms with Crippen molar-refractivity contribution in [2.45, 2.75) is 33.6 Å². The first-order valence-electron chi connectivity index (χ1n) is 6.87. The second kappa shape index (κ2) is 5.91. The number of hydrogen-bond donors (Lipinski definition) is 0. The van der Waals surface area contributed by atoms with E-state index in [0.29, 0.717) is 17.2 Å². The fourth-order valence-electron chi connectivity index (χ4n) is 2.33. The molecule has 0 aromatic heterocycles. The molecule has 0 spiro atoms. The number of para-hydroxylation sites is 1. The van der Waals surface area contributed by atoms with Gasteiger partial charge in [-0.1, -0.05) is 32.0 Å². The summed E-state index contributed by atoms with van der Waals surface area (Å²) in [6.45, 7) is 7.98. The predicted octanol–water partition coefficient (Wildman–Crippen LogP) is 5.11. The van der Waals surface area contributed by atoms with E-state index in [2.05, 4.69) is 26.8 Å². The minimum atomic E-state index is 0.0103. The summed E-state index contributed by atoms with van der Waals surface area (Å²) in [6.07, 6.45) is 0. The first-order valence-corrected chi connectivity index (χ1v) is 6.87. The lowest BCUT2D eigenvalue weighted by Gasteiger charge is -2.13. The molecule has 2 heteroatoms. The average Bonchev–Trinajstić information content (AvgIpc) is 2.38. The number of carbonyl (C=O) groups excluding carboxylic acids is 1. The highest BCUT2D eigenvalue weighted by molar-refractivity contribution is 5.96. The van der Waals surface area contributed by atoms with Crippen molar-refractivity contribution < 1.29 is 9.53 Å². The third kappa shape index (κ3) is 3.08. The van der Waals surface area contributed by atoms with Gasteiger partial charge in [-0.25, -0.2) is 0 Å². The van der Waals surface area contributed by atoms with Crippen LogP contribution in [-0.2, 0) is 0 Å². The van der Waals surface area contributed by atoms with Crippen molar-refractivity contribution in [3.63, 3.8) is 0 Å². The van der Waals surface area contributed by atoms with Crippen LogP contribution in [0.4, 0.5) is 0 Å². The van der Waals surface area contributed by atoms with Crippen LogP contribution in [0.1, 0.15) is 48.2 Å². The maximum atomic E-state index is 11.6. The highest BCUT2D eigenvalue weighted by atomic mass is 16.5. The van der Waals surface area contributed by atoms with Crippen LogP contribution in [0.25, 0.3) is 0 Å². The third-order valence-corrected chi connectivity index (χ3v) is 3.36. The van der Waals surface area contributed by atoms with Crippen molar-refractivity contribution in [1.82, 2.24) is 0 Å². The Bertz CT molecular complexity index is 627. The smallest absolute Gasteiger partial charge is 0.163 e. The van der Waals surface area contributed by atoms with Gasteiger partial charge in [-0.15, -0.1) is 0 Å². The van der Waals surface area contributed by atoms with Crippen LogP contribution in [0.5, 0.6) is 11.5 Å². The maximum absolute atomic E-state index is 11.6. The summed E-state index contributed by atoms with van der Waals surface area (Å²) >= 11 is 0. The Labute approximate surface area is 120 Å². The Morgan fingerprint density at radius 2 is 1.80 bits per heavy atom. The van der Waals surface area contributed by atoms with E-state index in [1.54, 1.807) is 13.0 Å². The molecule has 0 bridgehead atoms. The van der Waals surface area contributed by atoms with Gasteiger partial charge >= 0.3 is 0 Å². The Kier molecular flexibility index (Phi) is 4.23. The molecular formula is C18H20O2. The van der Waals surface area contributed by atoms with E-state index in [0.717, 1.165) is 5.75 Å². The molecule has 0 saturated carbocycles. The molecule has 20 heavy (non-hydrogen) atoms. The summed E-state index contributed by atoms with van der Waals surface area (Å²) in [4.78, 5) is 11.6. The fourth-order valence-corrected chi connectivity index (χ4v) is 2.33. The molecule has 0 heterocycles. The van der Waals surface area contributed by atoms with E-state index >= 15 is 0 Å². The lowest BCUT2D eigenvalue weighted by molar-refractivity contribution is 0.101. The third-order valence-electron chi connectivity index (χ3n) is 3.36. The molecule has 104 valence electrons. The van der Waals surface area contributed by atoms with Gasteiger partial charge in [0.05, 0.1) is 5.56 Å². The van der Waals surface area contributed by atoms with Crippen molar-refractivity contribution in [3.05, 3.63) is 59.2 Å². The summed E-state index contributed by atoms with van der Waals surface area (Å²) < 4.78 is 5.87. The van der Waals surface area contributed by atoms with Crippen molar-refractivity contribution >= 4 is 5.78 Å². The minimum Gasteiger partial charge on any atom is -0.457 e. The molecular weight excluding hydrogens is 248 g/mol. The van der Waals surface area contributed by atoms with Crippen LogP contribution in [0.3, 0.4) is 0 Å². The Morgan fingerprint density at radius 1 is 1.10 bits per heavy atom. The summed E-state index contributed by atoms with van der Waals surface area (Å²) in [5, 5.41) is 0. The predicted molar refractivity (Wildman–Crippen MR) is 81.8 cm³/mol. The van der Waals surface area contributed by atoms with Crippen LogP contribution >= 0.6 is 0 Å². The normalized spacial score (nSPS) is 10.7. The van der Waals surface area contributed by atoms with Crippen LogP contribution in [0.15, 0.2) is 42.5 Å².